The SMILES string of the molecule is CCCCc1nc2ccc(OCC/C(=C/F)CN)cc2o1. The second kappa shape index (κ2) is 7.78. The van der Waals surface area contributed by atoms with Gasteiger partial charge in [-0.2, -0.15) is 0 Å². The summed E-state index contributed by atoms with van der Waals surface area (Å²) in [4.78, 5) is 4.43. The van der Waals surface area contributed by atoms with Crippen LogP contribution in [-0.4, -0.2) is 18.1 Å². The summed E-state index contributed by atoms with van der Waals surface area (Å²) in [5.74, 6) is 1.45. The van der Waals surface area contributed by atoms with E-state index < -0.39 is 0 Å². The highest BCUT2D eigenvalue weighted by atomic mass is 19.1. The van der Waals surface area contributed by atoms with Gasteiger partial charge in [0, 0.05) is 25.5 Å². The van der Waals surface area contributed by atoms with Crippen molar-refractivity contribution in [2.24, 2.45) is 5.73 Å². The Morgan fingerprint density at radius 2 is 2.33 bits per heavy atom. The lowest BCUT2D eigenvalue weighted by atomic mass is 10.2. The summed E-state index contributed by atoms with van der Waals surface area (Å²) < 4.78 is 23.7. The van der Waals surface area contributed by atoms with Crippen LogP contribution in [0.5, 0.6) is 5.75 Å². The first-order chi connectivity index (χ1) is 10.3. The molecule has 2 rings (SSSR count). The molecule has 1 heterocycles. The summed E-state index contributed by atoms with van der Waals surface area (Å²) >= 11 is 0. The second-order valence-corrected chi connectivity index (χ2v) is 4.91. The zero-order valence-corrected chi connectivity index (χ0v) is 12.3. The summed E-state index contributed by atoms with van der Waals surface area (Å²) in [5, 5.41) is 0. The number of rotatable bonds is 8. The van der Waals surface area contributed by atoms with Crippen LogP contribution in [0, 0.1) is 0 Å². The molecule has 0 amide bonds. The number of fused-ring (bicyclic) bond motifs is 1. The van der Waals surface area contributed by atoms with Gasteiger partial charge in [-0.05, 0) is 24.1 Å². The molecule has 0 atom stereocenters. The van der Waals surface area contributed by atoms with Gasteiger partial charge in [0.25, 0.3) is 0 Å². The molecule has 1 aromatic carbocycles. The van der Waals surface area contributed by atoms with Crippen LogP contribution in [-0.2, 0) is 6.42 Å². The Labute approximate surface area is 123 Å². The molecule has 0 aliphatic rings. The predicted octanol–water partition coefficient (Wildman–Crippen LogP) is 3.75. The van der Waals surface area contributed by atoms with E-state index in [1.54, 1.807) is 0 Å². The Morgan fingerprint density at radius 1 is 1.48 bits per heavy atom. The van der Waals surface area contributed by atoms with Crippen molar-refractivity contribution in [3.63, 3.8) is 0 Å². The van der Waals surface area contributed by atoms with E-state index in [1.807, 2.05) is 18.2 Å². The molecule has 0 saturated carbocycles. The summed E-state index contributed by atoms with van der Waals surface area (Å²) in [5.41, 5.74) is 7.49. The van der Waals surface area contributed by atoms with Crippen LogP contribution in [0.2, 0.25) is 0 Å². The molecular weight excluding hydrogens is 271 g/mol. The minimum atomic E-state index is 0.210. The van der Waals surface area contributed by atoms with E-state index in [9.17, 15) is 4.39 Å². The highest BCUT2D eigenvalue weighted by Gasteiger charge is 2.07. The van der Waals surface area contributed by atoms with Crippen molar-refractivity contribution in [1.82, 2.24) is 4.98 Å². The molecule has 0 radical (unpaired) electrons. The molecular formula is C16H21FN2O2. The van der Waals surface area contributed by atoms with Crippen LogP contribution in [0.1, 0.15) is 32.1 Å². The molecule has 21 heavy (non-hydrogen) atoms. The van der Waals surface area contributed by atoms with E-state index in [4.69, 9.17) is 14.9 Å². The Kier molecular flexibility index (Phi) is 5.75. The Bertz CT molecular complexity index is 607. The lowest BCUT2D eigenvalue weighted by molar-refractivity contribution is 0.320. The van der Waals surface area contributed by atoms with Gasteiger partial charge in [0.2, 0.25) is 0 Å². The van der Waals surface area contributed by atoms with Crippen molar-refractivity contribution in [3.05, 3.63) is 36.0 Å². The largest absolute Gasteiger partial charge is 0.493 e. The summed E-state index contributed by atoms with van der Waals surface area (Å²) in [6.07, 6.45) is 4.04. The van der Waals surface area contributed by atoms with E-state index in [0.717, 1.165) is 36.3 Å². The van der Waals surface area contributed by atoms with Crippen LogP contribution >= 0.6 is 0 Å². The van der Waals surface area contributed by atoms with Gasteiger partial charge in [0.1, 0.15) is 11.3 Å². The van der Waals surface area contributed by atoms with Crippen LogP contribution in [0.3, 0.4) is 0 Å². The van der Waals surface area contributed by atoms with E-state index in [-0.39, 0.29) is 6.54 Å². The fraction of sp³-hybridized carbons (Fsp3) is 0.438. The Balaban J connectivity index is 1.98. The van der Waals surface area contributed by atoms with Crippen LogP contribution in [0.15, 0.2) is 34.5 Å². The van der Waals surface area contributed by atoms with Gasteiger partial charge in [0.15, 0.2) is 11.5 Å². The number of ether oxygens (including phenoxy) is 1. The first kappa shape index (κ1) is 15.5. The predicted molar refractivity (Wildman–Crippen MR) is 81.0 cm³/mol. The lowest BCUT2D eigenvalue weighted by Gasteiger charge is -2.06. The monoisotopic (exact) mass is 292 g/mol. The first-order valence-electron chi connectivity index (χ1n) is 7.27. The lowest BCUT2D eigenvalue weighted by Crippen LogP contribution is -2.07. The number of benzene rings is 1. The molecule has 5 heteroatoms. The van der Waals surface area contributed by atoms with Gasteiger partial charge in [-0.3, -0.25) is 0 Å². The van der Waals surface area contributed by atoms with E-state index in [0.29, 0.717) is 30.7 Å². The quantitative estimate of drug-likeness (QED) is 0.805. The minimum absolute atomic E-state index is 0.210. The van der Waals surface area contributed by atoms with Crippen molar-refractivity contribution < 1.29 is 13.5 Å². The number of unbranched alkanes of at least 4 members (excludes halogenated alkanes) is 1. The average molecular weight is 292 g/mol. The maximum Gasteiger partial charge on any atom is 0.195 e. The fourth-order valence-corrected chi connectivity index (χ4v) is 1.98. The average Bonchev–Trinajstić information content (AvgIpc) is 2.91. The van der Waals surface area contributed by atoms with Crippen molar-refractivity contribution in [1.29, 1.82) is 0 Å². The molecule has 0 spiro atoms. The number of nitrogens with zero attached hydrogens (tertiary/aromatic N) is 1. The molecule has 0 saturated heterocycles. The molecule has 4 nitrogen and oxygen atoms in total. The van der Waals surface area contributed by atoms with Gasteiger partial charge in [-0.15, -0.1) is 0 Å². The number of hydrogen-bond acceptors (Lipinski definition) is 4. The van der Waals surface area contributed by atoms with Crippen molar-refractivity contribution >= 4 is 11.1 Å². The van der Waals surface area contributed by atoms with Gasteiger partial charge in [0.05, 0.1) is 12.9 Å². The van der Waals surface area contributed by atoms with Gasteiger partial charge in [-0.25, -0.2) is 9.37 Å². The first-order valence-corrected chi connectivity index (χ1v) is 7.27. The third-order valence-electron chi connectivity index (χ3n) is 3.26. The Hall–Kier alpha value is -1.88. The number of hydrogen-bond donors (Lipinski definition) is 1. The number of halogens is 1. The zero-order chi connectivity index (χ0) is 15.1. The van der Waals surface area contributed by atoms with Gasteiger partial charge in [-0.1, -0.05) is 13.3 Å². The number of oxazole rings is 1. The number of aryl methyl sites for hydroxylation is 1. The molecule has 2 N–H and O–H groups in total. The molecule has 0 aliphatic carbocycles. The molecule has 0 aliphatic heterocycles. The third-order valence-corrected chi connectivity index (χ3v) is 3.26. The van der Waals surface area contributed by atoms with Crippen LogP contribution in [0.25, 0.3) is 11.1 Å². The Morgan fingerprint density at radius 3 is 3.05 bits per heavy atom. The highest BCUT2D eigenvalue weighted by Crippen LogP contribution is 2.22. The van der Waals surface area contributed by atoms with E-state index >= 15 is 0 Å². The third kappa shape index (κ3) is 4.29. The summed E-state index contributed by atoms with van der Waals surface area (Å²) in [6, 6.07) is 5.53. The molecule has 114 valence electrons. The van der Waals surface area contributed by atoms with Gasteiger partial charge < -0.3 is 14.9 Å². The second-order valence-electron chi connectivity index (χ2n) is 4.91. The number of nitrogens with two attached hydrogens (primary N) is 1. The maximum absolute atomic E-state index is 12.4. The maximum atomic E-state index is 12.4. The smallest absolute Gasteiger partial charge is 0.195 e. The van der Waals surface area contributed by atoms with E-state index in [2.05, 4.69) is 11.9 Å². The van der Waals surface area contributed by atoms with Gasteiger partial charge >= 0.3 is 0 Å². The fourth-order valence-electron chi connectivity index (χ4n) is 1.98. The highest BCUT2D eigenvalue weighted by molar-refractivity contribution is 5.74. The zero-order valence-electron chi connectivity index (χ0n) is 12.3. The molecule has 0 fully saturated rings. The summed E-state index contributed by atoms with van der Waals surface area (Å²) in [7, 11) is 0. The molecule has 0 bridgehead atoms. The van der Waals surface area contributed by atoms with Crippen molar-refractivity contribution in [2.75, 3.05) is 13.2 Å². The number of aromatic nitrogens is 1. The molecule has 2 aromatic rings. The van der Waals surface area contributed by atoms with Crippen LogP contribution in [0.4, 0.5) is 4.39 Å². The topological polar surface area (TPSA) is 61.3 Å². The van der Waals surface area contributed by atoms with Crippen molar-refractivity contribution in [2.45, 2.75) is 32.6 Å². The van der Waals surface area contributed by atoms with E-state index in [1.165, 1.54) is 0 Å². The normalized spacial score (nSPS) is 12.0. The minimum Gasteiger partial charge on any atom is -0.493 e. The summed E-state index contributed by atoms with van der Waals surface area (Å²) in [6.45, 7) is 2.73. The molecule has 1 aromatic heterocycles. The van der Waals surface area contributed by atoms with Crippen molar-refractivity contribution in [3.8, 4) is 5.75 Å². The molecule has 0 unspecified atom stereocenters. The standard InChI is InChI=1S/C16H21FN2O2/c1-2-3-4-16-19-14-6-5-13(9-15(14)21-16)20-8-7-12(10-17)11-18/h5-6,9-10H,2-4,7-8,11,18H2,1H3/b12-10-. The van der Waals surface area contributed by atoms with Crippen LogP contribution < -0.4 is 10.5 Å².